The Kier molecular flexibility index (Phi) is 6.22. The van der Waals surface area contributed by atoms with Gasteiger partial charge in [0.1, 0.15) is 0 Å². The van der Waals surface area contributed by atoms with Crippen LogP contribution in [0.2, 0.25) is 0 Å². The first-order valence-electron chi connectivity index (χ1n) is 8.32. The van der Waals surface area contributed by atoms with Crippen molar-refractivity contribution in [3.63, 3.8) is 0 Å². The molecule has 0 saturated carbocycles. The van der Waals surface area contributed by atoms with Crippen molar-refractivity contribution in [1.82, 2.24) is 5.32 Å². The Hall–Kier alpha value is -2.87. The van der Waals surface area contributed by atoms with Crippen molar-refractivity contribution < 1.29 is 23.1 Å². The van der Waals surface area contributed by atoms with E-state index in [0.29, 0.717) is 5.69 Å². The van der Waals surface area contributed by atoms with Gasteiger partial charge in [-0.2, -0.15) is 0 Å². The molecule has 2 rings (SSSR count). The van der Waals surface area contributed by atoms with E-state index in [4.69, 9.17) is 5.11 Å². The first-order valence-corrected chi connectivity index (χ1v) is 9.80. The van der Waals surface area contributed by atoms with Crippen LogP contribution in [0.1, 0.15) is 34.8 Å². The van der Waals surface area contributed by atoms with Gasteiger partial charge in [-0.05, 0) is 62.2 Å². The average Bonchev–Trinajstić information content (AvgIpc) is 2.58. The number of nitrogens with one attached hydrogen (secondary N) is 2. The zero-order chi connectivity index (χ0) is 20.2. The van der Waals surface area contributed by atoms with Crippen molar-refractivity contribution in [2.45, 2.75) is 38.1 Å². The summed E-state index contributed by atoms with van der Waals surface area (Å²) in [7, 11) is -3.79. The molecule has 0 fully saturated rings. The summed E-state index contributed by atoms with van der Waals surface area (Å²) in [5.41, 5.74) is 2.56. The lowest BCUT2D eigenvalue weighted by atomic mass is 10.1. The van der Waals surface area contributed by atoms with Crippen LogP contribution in [-0.4, -0.2) is 31.4 Å². The highest BCUT2D eigenvalue weighted by Crippen LogP contribution is 2.22. The summed E-state index contributed by atoms with van der Waals surface area (Å²) < 4.78 is 27.7. The van der Waals surface area contributed by atoms with E-state index in [1.165, 1.54) is 24.3 Å². The van der Waals surface area contributed by atoms with Crippen LogP contribution in [0.4, 0.5) is 5.69 Å². The molecule has 0 spiro atoms. The molecule has 1 amide bonds. The van der Waals surface area contributed by atoms with E-state index < -0.39 is 27.9 Å². The third-order valence-corrected chi connectivity index (χ3v) is 5.52. The third kappa shape index (κ3) is 5.30. The standard InChI is InChI=1S/C19H22N2O5S/c1-12-5-4-6-17(14(12)3)21-27(25,26)16-9-7-15(8-10-16)19(24)20-13(2)11-18(22)23/h4-10,13,21H,11H2,1-3H3,(H,20,24)(H,22,23). The number of hydrogen-bond acceptors (Lipinski definition) is 4. The number of carbonyl (C=O) groups excluding carboxylic acids is 1. The maximum atomic E-state index is 12.6. The number of aliphatic carboxylic acids is 1. The summed E-state index contributed by atoms with van der Waals surface area (Å²) in [5.74, 6) is -1.48. The van der Waals surface area contributed by atoms with Crippen LogP contribution < -0.4 is 10.0 Å². The maximum Gasteiger partial charge on any atom is 0.305 e. The maximum absolute atomic E-state index is 12.6. The van der Waals surface area contributed by atoms with Crippen LogP contribution in [0, 0.1) is 13.8 Å². The normalized spacial score (nSPS) is 12.3. The second-order valence-electron chi connectivity index (χ2n) is 6.35. The topological polar surface area (TPSA) is 113 Å². The fourth-order valence-corrected chi connectivity index (χ4v) is 3.59. The Morgan fingerprint density at radius 1 is 1.07 bits per heavy atom. The quantitative estimate of drug-likeness (QED) is 0.673. The molecule has 2 aromatic rings. The van der Waals surface area contributed by atoms with Crippen LogP contribution in [0.15, 0.2) is 47.4 Å². The van der Waals surface area contributed by atoms with Gasteiger partial charge in [0.15, 0.2) is 0 Å². The SMILES string of the molecule is Cc1cccc(NS(=O)(=O)c2ccc(C(=O)NC(C)CC(=O)O)cc2)c1C. The molecule has 0 bridgehead atoms. The molecular formula is C19H22N2O5S. The molecule has 0 aliphatic heterocycles. The Morgan fingerprint density at radius 3 is 2.30 bits per heavy atom. The van der Waals surface area contributed by atoms with Gasteiger partial charge in [-0.3, -0.25) is 14.3 Å². The lowest BCUT2D eigenvalue weighted by molar-refractivity contribution is -0.137. The molecule has 1 atom stereocenters. The Morgan fingerprint density at radius 2 is 1.70 bits per heavy atom. The molecule has 3 N–H and O–H groups in total. The lowest BCUT2D eigenvalue weighted by Gasteiger charge is -2.13. The van der Waals surface area contributed by atoms with E-state index in [1.54, 1.807) is 19.1 Å². The first kappa shape index (κ1) is 20.4. The fraction of sp³-hybridized carbons (Fsp3) is 0.263. The molecular weight excluding hydrogens is 368 g/mol. The second kappa shape index (κ2) is 8.22. The molecule has 8 heteroatoms. The van der Waals surface area contributed by atoms with E-state index >= 15 is 0 Å². The van der Waals surface area contributed by atoms with E-state index in [1.807, 2.05) is 19.9 Å². The van der Waals surface area contributed by atoms with Gasteiger partial charge in [-0.1, -0.05) is 12.1 Å². The van der Waals surface area contributed by atoms with Crippen LogP contribution in [0.5, 0.6) is 0 Å². The Labute approximate surface area is 158 Å². The highest BCUT2D eigenvalue weighted by atomic mass is 32.2. The summed E-state index contributed by atoms with van der Waals surface area (Å²) in [4.78, 5) is 22.8. The number of carbonyl (C=O) groups is 2. The number of carboxylic acids is 1. The van der Waals surface area contributed by atoms with E-state index in [-0.39, 0.29) is 16.9 Å². The van der Waals surface area contributed by atoms with Gasteiger partial charge in [0.2, 0.25) is 0 Å². The monoisotopic (exact) mass is 390 g/mol. The predicted molar refractivity (Wildman–Crippen MR) is 102 cm³/mol. The number of aryl methyl sites for hydroxylation is 1. The number of sulfonamides is 1. The van der Waals surface area contributed by atoms with Crippen molar-refractivity contribution in [1.29, 1.82) is 0 Å². The summed E-state index contributed by atoms with van der Waals surface area (Å²) in [6.45, 7) is 5.31. The molecule has 1 unspecified atom stereocenters. The lowest BCUT2D eigenvalue weighted by Crippen LogP contribution is -2.34. The van der Waals surface area contributed by atoms with Crippen LogP contribution in [0.25, 0.3) is 0 Å². The number of hydrogen-bond donors (Lipinski definition) is 3. The van der Waals surface area contributed by atoms with Crippen LogP contribution in [-0.2, 0) is 14.8 Å². The molecule has 144 valence electrons. The highest BCUT2D eigenvalue weighted by Gasteiger charge is 2.17. The zero-order valence-electron chi connectivity index (χ0n) is 15.3. The zero-order valence-corrected chi connectivity index (χ0v) is 16.1. The first-order chi connectivity index (χ1) is 12.6. The molecule has 2 aromatic carbocycles. The number of amides is 1. The average molecular weight is 390 g/mol. The van der Waals surface area contributed by atoms with Gasteiger partial charge in [0.25, 0.3) is 15.9 Å². The van der Waals surface area contributed by atoms with Crippen molar-refractivity contribution in [3.05, 3.63) is 59.2 Å². The molecule has 0 aromatic heterocycles. The minimum Gasteiger partial charge on any atom is -0.481 e. The van der Waals surface area contributed by atoms with Gasteiger partial charge in [-0.25, -0.2) is 8.42 Å². The Bertz CT molecular complexity index is 953. The predicted octanol–water partition coefficient (Wildman–Crippen LogP) is 2.70. The number of benzene rings is 2. The minimum atomic E-state index is -3.79. The molecule has 0 radical (unpaired) electrons. The number of rotatable bonds is 7. The molecule has 7 nitrogen and oxygen atoms in total. The number of carboxylic acid groups (broad SMARTS) is 1. The van der Waals surface area contributed by atoms with Crippen molar-refractivity contribution in [3.8, 4) is 0 Å². The van der Waals surface area contributed by atoms with Gasteiger partial charge >= 0.3 is 5.97 Å². The summed E-state index contributed by atoms with van der Waals surface area (Å²) in [6.07, 6.45) is -0.196. The minimum absolute atomic E-state index is 0.0264. The van der Waals surface area contributed by atoms with Crippen molar-refractivity contribution in [2.75, 3.05) is 4.72 Å². The summed E-state index contributed by atoms with van der Waals surface area (Å²) >= 11 is 0. The molecule has 0 heterocycles. The smallest absolute Gasteiger partial charge is 0.305 e. The summed E-state index contributed by atoms with van der Waals surface area (Å²) in [6, 6.07) is 10.3. The fourth-order valence-electron chi connectivity index (χ4n) is 2.47. The van der Waals surface area contributed by atoms with E-state index in [0.717, 1.165) is 11.1 Å². The summed E-state index contributed by atoms with van der Waals surface area (Å²) in [5, 5.41) is 11.3. The molecule has 0 aliphatic carbocycles. The largest absolute Gasteiger partial charge is 0.481 e. The van der Waals surface area contributed by atoms with E-state index in [9.17, 15) is 18.0 Å². The Balaban J connectivity index is 2.14. The van der Waals surface area contributed by atoms with Crippen LogP contribution in [0.3, 0.4) is 0 Å². The van der Waals surface area contributed by atoms with Gasteiger partial charge in [0, 0.05) is 11.6 Å². The second-order valence-corrected chi connectivity index (χ2v) is 8.03. The number of anilines is 1. The van der Waals surface area contributed by atoms with E-state index in [2.05, 4.69) is 10.0 Å². The van der Waals surface area contributed by atoms with Gasteiger partial charge in [-0.15, -0.1) is 0 Å². The van der Waals surface area contributed by atoms with Crippen molar-refractivity contribution >= 4 is 27.6 Å². The van der Waals surface area contributed by atoms with Crippen LogP contribution >= 0.6 is 0 Å². The van der Waals surface area contributed by atoms with Gasteiger partial charge < -0.3 is 10.4 Å². The highest BCUT2D eigenvalue weighted by molar-refractivity contribution is 7.92. The molecule has 0 saturated heterocycles. The third-order valence-electron chi connectivity index (χ3n) is 4.13. The van der Waals surface area contributed by atoms with Crippen molar-refractivity contribution in [2.24, 2.45) is 0 Å². The van der Waals surface area contributed by atoms with Gasteiger partial charge in [0.05, 0.1) is 17.0 Å². The molecule has 27 heavy (non-hydrogen) atoms. The molecule has 0 aliphatic rings.